The van der Waals surface area contributed by atoms with E-state index in [0.29, 0.717) is 18.3 Å². The summed E-state index contributed by atoms with van der Waals surface area (Å²) in [7, 11) is 0. The van der Waals surface area contributed by atoms with Crippen molar-refractivity contribution in [2.75, 3.05) is 25.4 Å². The van der Waals surface area contributed by atoms with E-state index in [9.17, 15) is 4.79 Å². The van der Waals surface area contributed by atoms with Crippen molar-refractivity contribution in [2.24, 2.45) is 0 Å². The van der Waals surface area contributed by atoms with Gasteiger partial charge in [0.2, 0.25) is 0 Å². The Kier molecular flexibility index (Phi) is 3.49. The molecule has 2 N–H and O–H groups in total. The molecule has 0 bridgehead atoms. The van der Waals surface area contributed by atoms with Crippen molar-refractivity contribution >= 4 is 17.7 Å². The second-order valence-electron chi connectivity index (χ2n) is 5.48. The summed E-state index contributed by atoms with van der Waals surface area (Å²) in [5, 5.41) is 14.1. The normalized spacial score (nSPS) is 27.2. The van der Waals surface area contributed by atoms with Crippen molar-refractivity contribution in [3.05, 3.63) is 11.9 Å². The van der Waals surface area contributed by atoms with Gasteiger partial charge in [-0.05, 0) is 25.5 Å². The molecule has 104 valence electrons. The first-order valence-corrected chi connectivity index (χ1v) is 7.70. The maximum Gasteiger partial charge on any atom is 0.273 e. The molecular formula is C12H19N5OS. The molecule has 1 amide bonds. The van der Waals surface area contributed by atoms with Crippen molar-refractivity contribution in [1.29, 1.82) is 0 Å². The van der Waals surface area contributed by atoms with E-state index in [1.54, 1.807) is 10.9 Å². The standard InChI is InChI=1S/C12H19N5OS/c1-12(3-2-4-19-12)8-14-11(18)10-7-17(16-15-10)9-5-13-6-9/h7,9,13H,2-6,8H2,1H3,(H,14,18). The van der Waals surface area contributed by atoms with E-state index in [0.717, 1.165) is 13.1 Å². The van der Waals surface area contributed by atoms with E-state index < -0.39 is 0 Å². The Morgan fingerprint density at radius 2 is 2.53 bits per heavy atom. The molecular weight excluding hydrogens is 262 g/mol. The highest BCUT2D eigenvalue weighted by molar-refractivity contribution is 8.00. The maximum absolute atomic E-state index is 12.0. The number of amides is 1. The number of hydrogen-bond donors (Lipinski definition) is 2. The average molecular weight is 281 g/mol. The van der Waals surface area contributed by atoms with Crippen LogP contribution in [0.4, 0.5) is 0 Å². The van der Waals surface area contributed by atoms with Crippen LogP contribution in [-0.4, -0.2) is 51.0 Å². The second-order valence-corrected chi connectivity index (χ2v) is 7.16. The van der Waals surface area contributed by atoms with Crippen LogP contribution < -0.4 is 10.6 Å². The lowest BCUT2D eigenvalue weighted by Gasteiger charge is -2.26. The number of nitrogens with zero attached hydrogens (tertiary/aromatic N) is 3. The van der Waals surface area contributed by atoms with Gasteiger partial charge in [0.05, 0.1) is 12.2 Å². The van der Waals surface area contributed by atoms with Crippen LogP contribution in [0.25, 0.3) is 0 Å². The summed E-state index contributed by atoms with van der Waals surface area (Å²) >= 11 is 1.94. The molecule has 1 unspecified atom stereocenters. The fourth-order valence-corrected chi connectivity index (χ4v) is 3.60. The number of thioether (sulfide) groups is 1. The van der Waals surface area contributed by atoms with Gasteiger partial charge in [0, 0.05) is 24.4 Å². The third-order valence-electron chi connectivity index (χ3n) is 3.80. The highest BCUT2D eigenvalue weighted by atomic mass is 32.2. The monoisotopic (exact) mass is 281 g/mol. The van der Waals surface area contributed by atoms with Crippen molar-refractivity contribution in [3.63, 3.8) is 0 Å². The smallest absolute Gasteiger partial charge is 0.273 e. The van der Waals surface area contributed by atoms with Gasteiger partial charge in [0.1, 0.15) is 0 Å². The Balaban J connectivity index is 1.56. The van der Waals surface area contributed by atoms with E-state index in [-0.39, 0.29) is 10.7 Å². The molecule has 3 heterocycles. The fraction of sp³-hybridized carbons (Fsp3) is 0.750. The molecule has 0 spiro atoms. The molecule has 0 aromatic carbocycles. The van der Waals surface area contributed by atoms with Crippen LogP contribution in [0.2, 0.25) is 0 Å². The maximum atomic E-state index is 12.0. The van der Waals surface area contributed by atoms with Crippen molar-refractivity contribution in [2.45, 2.75) is 30.6 Å². The summed E-state index contributed by atoms with van der Waals surface area (Å²) in [6.45, 7) is 4.72. The van der Waals surface area contributed by atoms with Gasteiger partial charge in [-0.2, -0.15) is 11.8 Å². The third kappa shape index (κ3) is 2.76. The molecule has 19 heavy (non-hydrogen) atoms. The Hall–Kier alpha value is -1.08. The summed E-state index contributed by atoms with van der Waals surface area (Å²) in [4.78, 5) is 12.0. The average Bonchev–Trinajstić information content (AvgIpc) is 2.94. The van der Waals surface area contributed by atoms with Gasteiger partial charge in [-0.1, -0.05) is 5.21 Å². The molecule has 2 saturated heterocycles. The van der Waals surface area contributed by atoms with Gasteiger partial charge in [-0.15, -0.1) is 5.10 Å². The number of carbonyl (C=O) groups is 1. The highest BCUT2D eigenvalue weighted by Gasteiger charge is 2.30. The Labute approximate surface area is 116 Å². The summed E-state index contributed by atoms with van der Waals surface area (Å²) in [6, 6.07) is 0.344. The van der Waals surface area contributed by atoms with Gasteiger partial charge < -0.3 is 10.6 Å². The van der Waals surface area contributed by atoms with Crippen molar-refractivity contribution in [3.8, 4) is 0 Å². The minimum absolute atomic E-state index is 0.118. The SMILES string of the molecule is CC1(CNC(=O)c2cn(C3CNC3)nn2)CCCS1. The van der Waals surface area contributed by atoms with Crippen LogP contribution in [0, 0.1) is 0 Å². The minimum Gasteiger partial charge on any atom is -0.349 e. The van der Waals surface area contributed by atoms with Gasteiger partial charge in [0.25, 0.3) is 5.91 Å². The van der Waals surface area contributed by atoms with Crippen LogP contribution in [0.5, 0.6) is 0 Å². The van der Waals surface area contributed by atoms with Crippen LogP contribution in [0.3, 0.4) is 0 Å². The Morgan fingerprint density at radius 1 is 1.68 bits per heavy atom. The first kappa shape index (κ1) is 12.9. The number of hydrogen-bond acceptors (Lipinski definition) is 5. The van der Waals surface area contributed by atoms with E-state index in [1.807, 2.05) is 11.8 Å². The lowest BCUT2D eigenvalue weighted by Crippen LogP contribution is -2.43. The molecule has 7 heteroatoms. The molecule has 0 aliphatic carbocycles. The molecule has 2 fully saturated rings. The zero-order valence-electron chi connectivity index (χ0n) is 11.1. The van der Waals surface area contributed by atoms with Crippen molar-refractivity contribution < 1.29 is 4.79 Å². The largest absolute Gasteiger partial charge is 0.349 e. The molecule has 1 aromatic rings. The van der Waals surface area contributed by atoms with Crippen LogP contribution in [0.15, 0.2) is 6.20 Å². The van der Waals surface area contributed by atoms with Gasteiger partial charge in [-0.3, -0.25) is 4.79 Å². The summed E-state index contributed by atoms with van der Waals surface area (Å²) in [6.07, 6.45) is 4.14. The number of aromatic nitrogens is 3. The third-order valence-corrected chi connectivity index (χ3v) is 5.34. The summed E-state index contributed by atoms with van der Waals surface area (Å²) in [5.74, 6) is 1.07. The lowest BCUT2D eigenvalue weighted by atomic mass is 10.1. The molecule has 1 aromatic heterocycles. The van der Waals surface area contributed by atoms with Gasteiger partial charge in [0.15, 0.2) is 5.69 Å². The number of rotatable bonds is 4. The first-order chi connectivity index (χ1) is 9.16. The van der Waals surface area contributed by atoms with E-state index in [1.165, 1.54) is 18.6 Å². The van der Waals surface area contributed by atoms with Gasteiger partial charge in [-0.25, -0.2) is 4.68 Å². The van der Waals surface area contributed by atoms with Crippen LogP contribution in [-0.2, 0) is 0 Å². The summed E-state index contributed by atoms with van der Waals surface area (Å²) < 4.78 is 1.96. The first-order valence-electron chi connectivity index (χ1n) is 6.71. The number of carbonyl (C=O) groups excluding carboxylic acids is 1. The molecule has 0 saturated carbocycles. The number of nitrogens with one attached hydrogen (secondary N) is 2. The van der Waals surface area contributed by atoms with Crippen molar-refractivity contribution in [1.82, 2.24) is 25.6 Å². The van der Waals surface area contributed by atoms with E-state index in [4.69, 9.17) is 0 Å². The van der Waals surface area contributed by atoms with Crippen LogP contribution >= 0.6 is 11.8 Å². The quantitative estimate of drug-likeness (QED) is 0.838. The zero-order valence-corrected chi connectivity index (χ0v) is 11.9. The minimum atomic E-state index is -0.118. The Morgan fingerprint density at radius 3 is 3.16 bits per heavy atom. The summed E-state index contributed by atoms with van der Waals surface area (Å²) in [5.41, 5.74) is 0.415. The van der Waals surface area contributed by atoms with Gasteiger partial charge >= 0.3 is 0 Å². The van der Waals surface area contributed by atoms with E-state index in [2.05, 4.69) is 27.9 Å². The second kappa shape index (κ2) is 5.13. The lowest BCUT2D eigenvalue weighted by molar-refractivity contribution is 0.0945. The highest BCUT2D eigenvalue weighted by Crippen LogP contribution is 2.36. The fourth-order valence-electron chi connectivity index (χ4n) is 2.35. The topological polar surface area (TPSA) is 71.8 Å². The predicted octanol–water partition coefficient (Wildman–Crippen LogP) is 0.438. The molecule has 1 atom stereocenters. The molecule has 2 aliphatic heterocycles. The molecule has 0 radical (unpaired) electrons. The van der Waals surface area contributed by atoms with Crippen LogP contribution in [0.1, 0.15) is 36.3 Å². The Bertz CT molecular complexity index is 464. The molecule has 2 aliphatic rings. The zero-order chi connectivity index (χ0) is 13.3. The van der Waals surface area contributed by atoms with E-state index >= 15 is 0 Å². The predicted molar refractivity (Wildman–Crippen MR) is 74.4 cm³/mol. The molecule has 6 nitrogen and oxygen atoms in total. The molecule has 3 rings (SSSR count).